The van der Waals surface area contributed by atoms with E-state index in [1.807, 2.05) is 0 Å². The average Bonchev–Trinajstić information content (AvgIpc) is 3.24. The van der Waals surface area contributed by atoms with E-state index in [-0.39, 0.29) is 40.6 Å². The number of rotatable bonds is 8. The van der Waals surface area contributed by atoms with Crippen molar-refractivity contribution in [2.45, 2.75) is 44.9 Å². The van der Waals surface area contributed by atoms with Crippen LogP contribution in [-0.2, 0) is 28.4 Å². The summed E-state index contributed by atoms with van der Waals surface area (Å²) >= 11 is 0. The maximum absolute atomic E-state index is 14.6. The first-order chi connectivity index (χ1) is 20.9. The third kappa shape index (κ3) is 6.94. The van der Waals surface area contributed by atoms with Crippen LogP contribution in [-0.4, -0.2) is 35.9 Å². The van der Waals surface area contributed by atoms with E-state index >= 15 is 0 Å². The van der Waals surface area contributed by atoms with E-state index in [9.17, 15) is 45.1 Å². The predicted molar refractivity (Wildman–Crippen MR) is 145 cm³/mol. The van der Waals surface area contributed by atoms with Crippen LogP contribution in [0, 0.1) is 5.82 Å². The molecular weight excluding hydrogens is 615 g/mol. The number of hydrogen-bond donors (Lipinski definition) is 0. The molecule has 0 unspecified atom stereocenters. The van der Waals surface area contributed by atoms with E-state index in [0.717, 1.165) is 24.0 Å². The molecule has 3 aromatic carbocycles. The molecule has 238 valence electrons. The van der Waals surface area contributed by atoms with E-state index in [1.165, 1.54) is 38.3 Å². The van der Waals surface area contributed by atoms with Crippen LogP contribution >= 0.6 is 0 Å². The fourth-order valence-corrected chi connectivity index (χ4v) is 4.89. The summed E-state index contributed by atoms with van der Waals surface area (Å²) in [4.78, 5) is 38.1. The molecule has 1 fully saturated rings. The number of hydrogen-bond acceptors (Lipinski definition) is 6. The first kappa shape index (κ1) is 33.0. The van der Waals surface area contributed by atoms with E-state index < -0.39 is 70.6 Å². The lowest BCUT2D eigenvalue weighted by Crippen LogP contribution is -2.31. The molecule has 0 spiro atoms. The zero-order chi connectivity index (χ0) is 33.4. The molecule has 1 aliphatic rings. The molecule has 45 heavy (non-hydrogen) atoms. The van der Waals surface area contributed by atoms with Crippen molar-refractivity contribution in [1.29, 1.82) is 0 Å². The molecule has 0 radical (unpaired) electrons. The second-order valence-corrected chi connectivity index (χ2v) is 10.0. The highest BCUT2D eigenvalue weighted by molar-refractivity contribution is 6.04. The van der Waals surface area contributed by atoms with E-state index in [0.29, 0.717) is 12.1 Å². The molecule has 0 aromatic heterocycles. The molecule has 1 heterocycles. The van der Waals surface area contributed by atoms with Gasteiger partial charge in [0, 0.05) is 24.1 Å². The Balaban J connectivity index is 1.81. The smallest absolute Gasteiger partial charge is 0.416 e. The highest BCUT2D eigenvalue weighted by Crippen LogP contribution is 2.43. The third-order valence-corrected chi connectivity index (χ3v) is 7.04. The number of benzene rings is 3. The SMILES string of the molecule is C=CC(=O)c1ccc(-c2cc(OC(C)=O)c(F)cc2OC)c(CN2C(=O)O[C@H](c3cc(C(F)(F)F)cc(C(F)(F)F)c3)[C@@H]2C)c1. The minimum absolute atomic E-state index is 0.0222. The van der Waals surface area contributed by atoms with Crippen molar-refractivity contribution >= 4 is 17.8 Å². The van der Waals surface area contributed by atoms with Gasteiger partial charge in [-0.3, -0.25) is 14.5 Å². The number of nitrogens with zero attached hydrogens (tertiary/aromatic N) is 1. The Morgan fingerprint density at radius 3 is 2.11 bits per heavy atom. The molecule has 3 aromatic rings. The molecule has 1 amide bonds. The first-order valence-electron chi connectivity index (χ1n) is 13.1. The molecule has 1 saturated heterocycles. The van der Waals surface area contributed by atoms with Gasteiger partial charge in [-0.1, -0.05) is 18.7 Å². The van der Waals surface area contributed by atoms with Crippen LogP contribution in [0.4, 0.5) is 35.5 Å². The van der Waals surface area contributed by atoms with Crippen LogP contribution in [0.15, 0.2) is 61.2 Å². The van der Waals surface area contributed by atoms with Crippen molar-refractivity contribution in [3.8, 4) is 22.6 Å². The van der Waals surface area contributed by atoms with Crippen LogP contribution in [0.1, 0.15) is 52.6 Å². The van der Waals surface area contributed by atoms with Crippen LogP contribution in [0.2, 0.25) is 0 Å². The number of ketones is 1. The van der Waals surface area contributed by atoms with Gasteiger partial charge >= 0.3 is 24.4 Å². The van der Waals surface area contributed by atoms with Crippen molar-refractivity contribution in [2.24, 2.45) is 0 Å². The molecule has 0 bridgehead atoms. The lowest BCUT2D eigenvalue weighted by molar-refractivity contribution is -0.143. The second-order valence-electron chi connectivity index (χ2n) is 10.0. The Morgan fingerprint density at radius 2 is 1.58 bits per heavy atom. The molecule has 4 rings (SSSR count). The molecule has 0 N–H and O–H groups in total. The molecule has 14 heteroatoms. The number of esters is 1. The quantitative estimate of drug-likeness (QED) is 0.0819. The normalized spacial score (nSPS) is 16.8. The topological polar surface area (TPSA) is 82.1 Å². The molecule has 1 aliphatic heterocycles. The van der Waals surface area contributed by atoms with Crippen LogP contribution < -0.4 is 9.47 Å². The van der Waals surface area contributed by atoms with E-state index in [4.69, 9.17) is 14.2 Å². The van der Waals surface area contributed by atoms with Crippen molar-refractivity contribution in [3.05, 3.63) is 94.8 Å². The monoisotopic (exact) mass is 639 g/mol. The molecule has 0 aliphatic carbocycles. The van der Waals surface area contributed by atoms with Gasteiger partial charge in [0.2, 0.25) is 0 Å². The number of methoxy groups -OCH3 is 1. The predicted octanol–water partition coefficient (Wildman–Crippen LogP) is 7.91. The lowest BCUT2D eigenvalue weighted by atomic mass is 9.94. The largest absolute Gasteiger partial charge is 0.496 e. The number of cyclic esters (lactones) is 1. The Bertz CT molecular complexity index is 1650. The standard InChI is InChI=1S/C31H24F7NO6/c1-5-25(41)17-6-7-22(23-12-27(44-16(3)40)24(32)13-26(23)43-4)19(8-17)14-39-15(2)28(45-29(39)42)18-9-20(30(33,34)35)11-21(10-18)31(36,37)38/h5-13,15,28H,1,14H2,2-4H3/t15-,28-/m0/s1. The minimum Gasteiger partial charge on any atom is -0.496 e. The zero-order valence-electron chi connectivity index (χ0n) is 23.8. The van der Waals surface area contributed by atoms with Gasteiger partial charge in [0.25, 0.3) is 0 Å². The van der Waals surface area contributed by atoms with Gasteiger partial charge in [-0.15, -0.1) is 0 Å². The lowest BCUT2D eigenvalue weighted by Gasteiger charge is -2.24. The number of halogens is 7. The Kier molecular flexibility index (Phi) is 8.99. The minimum atomic E-state index is -5.12. The summed E-state index contributed by atoms with van der Waals surface area (Å²) in [7, 11) is 1.24. The van der Waals surface area contributed by atoms with Crippen molar-refractivity contribution in [2.75, 3.05) is 7.11 Å². The zero-order valence-corrected chi connectivity index (χ0v) is 23.8. The Hall–Kier alpha value is -4.88. The average molecular weight is 640 g/mol. The van der Waals surface area contributed by atoms with Gasteiger partial charge in [0.15, 0.2) is 17.3 Å². The fraction of sp³-hybridized carbons (Fsp3) is 0.258. The highest BCUT2D eigenvalue weighted by Gasteiger charge is 2.43. The van der Waals surface area contributed by atoms with Gasteiger partial charge in [0.05, 0.1) is 30.8 Å². The van der Waals surface area contributed by atoms with Gasteiger partial charge < -0.3 is 14.2 Å². The number of carbonyl (C=O) groups excluding carboxylic acids is 3. The third-order valence-electron chi connectivity index (χ3n) is 7.04. The number of amides is 1. The van der Waals surface area contributed by atoms with Gasteiger partial charge in [-0.2, -0.15) is 26.3 Å². The summed E-state index contributed by atoms with van der Waals surface area (Å²) in [6.07, 6.45) is -11.8. The van der Waals surface area contributed by atoms with Crippen LogP contribution in [0.5, 0.6) is 11.5 Å². The summed E-state index contributed by atoms with van der Waals surface area (Å²) in [6, 6.07) is 6.21. The Morgan fingerprint density at radius 1 is 0.956 bits per heavy atom. The maximum Gasteiger partial charge on any atom is 0.416 e. The van der Waals surface area contributed by atoms with Gasteiger partial charge in [-0.25, -0.2) is 9.18 Å². The second kappa shape index (κ2) is 12.3. The summed E-state index contributed by atoms with van der Waals surface area (Å²) in [5, 5.41) is 0. The van der Waals surface area contributed by atoms with Crippen LogP contribution in [0.3, 0.4) is 0 Å². The molecular formula is C31H24F7NO6. The summed E-state index contributed by atoms with van der Waals surface area (Å²) in [6.45, 7) is 5.51. The van der Waals surface area contributed by atoms with Crippen molar-refractivity contribution in [3.63, 3.8) is 0 Å². The summed E-state index contributed by atoms with van der Waals surface area (Å²) in [5.41, 5.74) is -2.88. The van der Waals surface area contributed by atoms with Crippen LogP contribution in [0.25, 0.3) is 11.1 Å². The molecule has 2 atom stereocenters. The van der Waals surface area contributed by atoms with E-state index in [1.54, 1.807) is 0 Å². The van der Waals surface area contributed by atoms with Crippen molar-refractivity contribution < 1.29 is 59.3 Å². The molecule has 0 saturated carbocycles. The number of allylic oxidation sites excluding steroid dienone is 1. The van der Waals surface area contributed by atoms with Gasteiger partial charge in [0.1, 0.15) is 11.9 Å². The van der Waals surface area contributed by atoms with Gasteiger partial charge in [-0.05, 0) is 60.0 Å². The number of alkyl halides is 6. The summed E-state index contributed by atoms with van der Waals surface area (Å²) in [5.74, 6) is -2.72. The Labute approximate surface area is 251 Å². The highest BCUT2D eigenvalue weighted by atomic mass is 19.4. The van der Waals surface area contributed by atoms with Crippen molar-refractivity contribution in [1.82, 2.24) is 4.90 Å². The summed E-state index contributed by atoms with van der Waals surface area (Å²) < 4.78 is 111. The first-order valence-corrected chi connectivity index (χ1v) is 13.1. The molecule has 7 nitrogen and oxygen atoms in total. The number of ether oxygens (including phenoxy) is 3. The maximum atomic E-state index is 14.6. The fourth-order valence-electron chi connectivity index (χ4n) is 4.89. The van der Waals surface area contributed by atoms with E-state index in [2.05, 4.69) is 6.58 Å². The number of carbonyl (C=O) groups is 3.